The van der Waals surface area contributed by atoms with Crippen molar-refractivity contribution < 1.29 is 44.5 Å². The summed E-state index contributed by atoms with van der Waals surface area (Å²) in [5.74, 6) is -0.543. The maximum atomic E-state index is 11.7. The Labute approximate surface area is 143 Å². The van der Waals surface area contributed by atoms with Gasteiger partial charge >= 0.3 is 5.97 Å². The lowest BCUT2D eigenvalue weighted by Gasteiger charge is -2.37. The minimum Gasteiger partial charge on any atom is -0.504 e. The first kappa shape index (κ1) is 19.2. The monoisotopic (exact) mass is 356 g/mol. The van der Waals surface area contributed by atoms with Crippen LogP contribution in [0.1, 0.15) is 5.56 Å². The van der Waals surface area contributed by atoms with Crippen LogP contribution in [0.5, 0.6) is 11.5 Å². The molecule has 9 nitrogen and oxygen atoms in total. The van der Waals surface area contributed by atoms with E-state index in [1.807, 2.05) is 0 Å². The van der Waals surface area contributed by atoms with Crippen molar-refractivity contribution in [3.8, 4) is 11.5 Å². The van der Waals surface area contributed by atoms with E-state index in [9.17, 15) is 30.3 Å². The highest BCUT2D eigenvalue weighted by atomic mass is 16.6. The van der Waals surface area contributed by atoms with Gasteiger partial charge in [-0.1, -0.05) is 6.07 Å². The SMILES string of the molecule is COc1cc(/C=C\C(=O)OC[C@H]2O[C@@H](O)[C@H](O)[C@@H](O)[C@@H]2O)ccc1O. The first-order valence-electron chi connectivity index (χ1n) is 7.43. The number of ether oxygens (including phenoxy) is 3. The predicted octanol–water partition coefficient (Wildman–Crippen LogP) is -1.24. The molecule has 0 radical (unpaired) electrons. The van der Waals surface area contributed by atoms with E-state index in [2.05, 4.69) is 0 Å². The maximum absolute atomic E-state index is 11.7. The van der Waals surface area contributed by atoms with Crippen molar-refractivity contribution in [3.63, 3.8) is 0 Å². The lowest BCUT2D eigenvalue weighted by molar-refractivity contribution is -0.287. The van der Waals surface area contributed by atoms with E-state index in [-0.39, 0.29) is 11.5 Å². The number of carbonyl (C=O) groups excluding carboxylic acids is 1. The molecule has 1 aliphatic heterocycles. The summed E-state index contributed by atoms with van der Waals surface area (Å²) in [6.45, 7) is -0.427. The molecule has 2 rings (SSSR count). The summed E-state index contributed by atoms with van der Waals surface area (Å²) in [6.07, 6.45) is -5.12. The largest absolute Gasteiger partial charge is 0.504 e. The average Bonchev–Trinajstić information content (AvgIpc) is 2.61. The smallest absolute Gasteiger partial charge is 0.330 e. The Kier molecular flexibility index (Phi) is 6.34. The number of esters is 1. The van der Waals surface area contributed by atoms with Gasteiger partial charge in [0.25, 0.3) is 0 Å². The molecule has 138 valence electrons. The quantitative estimate of drug-likeness (QED) is 0.323. The third-order valence-electron chi connectivity index (χ3n) is 3.69. The van der Waals surface area contributed by atoms with Gasteiger partial charge in [0.05, 0.1) is 7.11 Å². The molecule has 25 heavy (non-hydrogen) atoms. The molecule has 1 aliphatic rings. The summed E-state index contributed by atoms with van der Waals surface area (Å²) in [4.78, 5) is 11.7. The van der Waals surface area contributed by atoms with Gasteiger partial charge in [-0.15, -0.1) is 0 Å². The molecule has 1 aromatic carbocycles. The molecular weight excluding hydrogens is 336 g/mol. The van der Waals surface area contributed by atoms with E-state index in [4.69, 9.17) is 14.2 Å². The number of carbonyl (C=O) groups is 1. The van der Waals surface area contributed by atoms with Crippen LogP contribution in [0.15, 0.2) is 24.3 Å². The average molecular weight is 356 g/mol. The van der Waals surface area contributed by atoms with Gasteiger partial charge < -0.3 is 39.7 Å². The summed E-state index contributed by atoms with van der Waals surface area (Å²) in [5.41, 5.74) is 0.578. The number of aliphatic hydroxyl groups is 4. The van der Waals surface area contributed by atoms with Crippen molar-refractivity contribution in [1.29, 1.82) is 0 Å². The molecular formula is C16H20O9. The Morgan fingerprint density at radius 2 is 1.92 bits per heavy atom. The number of hydrogen-bond acceptors (Lipinski definition) is 9. The lowest BCUT2D eigenvalue weighted by Crippen LogP contribution is -2.58. The molecule has 0 bridgehead atoms. The fraction of sp³-hybridized carbons (Fsp3) is 0.438. The molecule has 1 saturated heterocycles. The Hall–Kier alpha value is -2.17. The van der Waals surface area contributed by atoms with E-state index in [1.165, 1.54) is 25.3 Å². The Balaban J connectivity index is 1.90. The van der Waals surface area contributed by atoms with Gasteiger partial charge in [0, 0.05) is 6.08 Å². The van der Waals surface area contributed by atoms with Crippen LogP contribution in [0.4, 0.5) is 0 Å². The van der Waals surface area contributed by atoms with E-state index in [0.29, 0.717) is 5.56 Å². The second-order valence-electron chi connectivity index (χ2n) is 5.43. The van der Waals surface area contributed by atoms with Gasteiger partial charge in [0.1, 0.15) is 31.0 Å². The van der Waals surface area contributed by atoms with Gasteiger partial charge in [0.2, 0.25) is 0 Å². The van der Waals surface area contributed by atoms with Crippen LogP contribution in [0.2, 0.25) is 0 Å². The zero-order valence-corrected chi connectivity index (χ0v) is 13.3. The second-order valence-corrected chi connectivity index (χ2v) is 5.43. The number of methoxy groups -OCH3 is 1. The first-order valence-corrected chi connectivity index (χ1v) is 7.43. The molecule has 1 heterocycles. The van der Waals surface area contributed by atoms with Crippen molar-refractivity contribution in [3.05, 3.63) is 29.8 Å². The molecule has 5 atom stereocenters. The third kappa shape index (κ3) is 4.68. The van der Waals surface area contributed by atoms with E-state index < -0.39 is 43.3 Å². The molecule has 5 N–H and O–H groups in total. The summed E-state index contributed by atoms with van der Waals surface area (Å²) in [7, 11) is 1.39. The van der Waals surface area contributed by atoms with Crippen molar-refractivity contribution >= 4 is 12.0 Å². The number of hydrogen-bond donors (Lipinski definition) is 5. The molecule has 0 spiro atoms. The van der Waals surface area contributed by atoms with Crippen LogP contribution < -0.4 is 4.74 Å². The van der Waals surface area contributed by atoms with Crippen LogP contribution in [0.25, 0.3) is 6.08 Å². The van der Waals surface area contributed by atoms with Crippen LogP contribution in [0.3, 0.4) is 0 Å². The van der Waals surface area contributed by atoms with E-state index in [0.717, 1.165) is 6.08 Å². The highest BCUT2D eigenvalue weighted by Crippen LogP contribution is 2.26. The van der Waals surface area contributed by atoms with Gasteiger partial charge in [-0.3, -0.25) is 0 Å². The molecule has 0 amide bonds. The topological polar surface area (TPSA) is 146 Å². The zero-order chi connectivity index (χ0) is 18.6. The van der Waals surface area contributed by atoms with Gasteiger partial charge in [-0.2, -0.15) is 0 Å². The molecule has 1 aromatic rings. The number of phenols is 1. The molecule has 9 heteroatoms. The second kappa shape index (κ2) is 8.28. The van der Waals surface area contributed by atoms with E-state index in [1.54, 1.807) is 6.07 Å². The van der Waals surface area contributed by atoms with Crippen LogP contribution in [-0.2, 0) is 14.3 Å². The Morgan fingerprint density at radius 1 is 1.20 bits per heavy atom. The van der Waals surface area contributed by atoms with Gasteiger partial charge in [-0.05, 0) is 23.8 Å². The standard InChI is InChI=1S/C16H20O9/c1-23-10-6-8(2-4-9(10)17)3-5-12(18)24-7-11-13(19)14(20)15(21)16(22)25-11/h2-6,11,13-17,19-22H,7H2,1H3/b5-3-/t11-,13-,14+,15-,16-/m1/s1. The summed E-state index contributed by atoms with van der Waals surface area (Å²) in [5, 5.41) is 47.5. The van der Waals surface area contributed by atoms with Crippen LogP contribution in [-0.4, -0.2) is 75.9 Å². The minimum atomic E-state index is -1.69. The molecule has 0 saturated carbocycles. The van der Waals surface area contributed by atoms with Crippen molar-refractivity contribution in [2.24, 2.45) is 0 Å². The summed E-state index contributed by atoms with van der Waals surface area (Å²) < 4.78 is 14.7. The lowest BCUT2D eigenvalue weighted by atomic mass is 9.99. The van der Waals surface area contributed by atoms with E-state index >= 15 is 0 Å². The molecule has 0 aliphatic carbocycles. The summed E-state index contributed by atoms with van der Waals surface area (Å²) >= 11 is 0. The normalized spacial score (nSPS) is 29.6. The maximum Gasteiger partial charge on any atom is 0.330 e. The highest BCUT2D eigenvalue weighted by molar-refractivity contribution is 5.87. The number of rotatable bonds is 5. The summed E-state index contributed by atoms with van der Waals surface area (Å²) in [6, 6.07) is 4.48. The van der Waals surface area contributed by atoms with Gasteiger partial charge in [0.15, 0.2) is 17.8 Å². The number of phenolic OH excluding ortho intramolecular Hbond substituents is 1. The molecule has 0 aromatic heterocycles. The number of aliphatic hydroxyl groups excluding tert-OH is 4. The van der Waals surface area contributed by atoms with Crippen molar-refractivity contribution in [2.75, 3.05) is 13.7 Å². The first-order chi connectivity index (χ1) is 11.8. The fourth-order valence-electron chi connectivity index (χ4n) is 2.24. The minimum absolute atomic E-state index is 0.0371. The third-order valence-corrected chi connectivity index (χ3v) is 3.69. The Morgan fingerprint density at radius 3 is 2.60 bits per heavy atom. The highest BCUT2D eigenvalue weighted by Gasteiger charge is 2.43. The van der Waals surface area contributed by atoms with Crippen LogP contribution in [0, 0.1) is 0 Å². The molecule has 0 unspecified atom stereocenters. The van der Waals surface area contributed by atoms with Crippen LogP contribution >= 0.6 is 0 Å². The zero-order valence-electron chi connectivity index (χ0n) is 13.3. The predicted molar refractivity (Wildman–Crippen MR) is 83.6 cm³/mol. The number of benzene rings is 1. The van der Waals surface area contributed by atoms with Gasteiger partial charge in [-0.25, -0.2) is 4.79 Å². The Bertz CT molecular complexity index is 630. The van der Waals surface area contributed by atoms with Crippen molar-refractivity contribution in [2.45, 2.75) is 30.7 Å². The van der Waals surface area contributed by atoms with Crippen molar-refractivity contribution in [1.82, 2.24) is 0 Å². The molecule has 1 fully saturated rings. The number of aromatic hydroxyl groups is 1. The fourth-order valence-corrected chi connectivity index (χ4v) is 2.24.